The van der Waals surface area contributed by atoms with Gasteiger partial charge in [0.1, 0.15) is 6.26 Å². The molecule has 2 rings (SSSR count). The summed E-state index contributed by atoms with van der Waals surface area (Å²) in [6.45, 7) is 0. The molecule has 0 radical (unpaired) electrons. The van der Waals surface area contributed by atoms with Crippen molar-refractivity contribution < 1.29 is 14.3 Å². The fourth-order valence-corrected chi connectivity index (χ4v) is 1.42. The van der Waals surface area contributed by atoms with Gasteiger partial charge in [0.05, 0.1) is 0 Å². The number of carboxylic acid groups (broad SMARTS) is 1. The minimum Gasteiger partial charge on any atom is -0.476 e. The molecular weight excluding hydrogens is 220 g/mol. The van der Waals surface area contributed by atoms with Crippen LogP contribution in [0.5, 0.6) is 0 Å². The second-order valence-corrected chi connectivity index (χ2v) is 3.79. The lowest BCUT2D eigenvalue weighted by Crippen LogP contribution is -2.08. The summed E-state index contributed by atoms with van der Waals surface area (Å²) in [6, 6.07) is 7.53. The molecule has 0 aliphatic carbocycles. The zero-order chi connectivity index (χ0) is 12.4. The van der Waals surface area contributed by atoms with Gasteiger partial charge in [0, 0.05) is 25.3 Å². The van der Waals surface area contributed by atoms with Crippen LogP contribution in [0.2, 0.25) is 0 Å². The van der Waals surface area contributed by atoms with Gasteiger partial charge in [-0.05, 0) is 18.2 Å². The van der Waals surface area contributed by atoms with E-state index in [0.717, 1.165) is 17.5 Å². The quantitative estimate of drug-likeness (QED) is 0.877. The lowest BCUT2D eigenvalue weighted by atomic mass is 10.2. The first kappa shape index (κ1) is 11.2. The maximum absolute atomic E-state index is 10.7. The second-order valence-electron chi connectivity index (χ2n) is 3.79. The Kier molecular flexibility index (Phi) is 2.82. The van der Waals surface area contributed by atoms with Crippen LogP contribution in [0, 0.1) is 0 Å². The molecule has 17 heavy (non-hydrogen) atoms. The van der Waals surface area contributed by atoms with Gasteiger partial charge >= 0.3 is 5.97 Å². The van der Waals surface area contributed by atoms with Crippen molar-refractivity contribution >= 4 is 11.7 Å². The number of benzene rings is 1. The molecular formula is C12H12N2O3. The third-order valence-electron chi connectivity index (χ3n) is 2.33. The maximum Gasteiger partial charge on any atom is 0.357 e. The molecule has 1 N–H and O–H groups in total. The molecule has 0 spiro atoms. The molecule has 1 aromatic carbocycles. The Bertz CT molecular complexity index is 546. The highest BCUT2D eigenvalue weighted by atomic mass is 16.4. The molecule has 0 unspecified atom stereocenters. The van der Waals surface area contributed by atoms with Crippen molar-refractivity contribution in [3.63, 3.8) is 0 Å². The Morgan fingerprint density at radius 2 is 2.18 bits per heavy atom. The van der Waals surface area contributed by atoms with Crippen LogP contribution in [0.1, 0.15) is 10.5 Å². The van der Waals surface area contributed by atoms with E-state index in [0.29, 0.717) is 5.89 Å². The Hall–Kier alpha value is -2.30. The molecule has 1 aromatic heterocycles. The monoisotopic (exact) mass is 232 g/mol. The topological polar surface area (TPSA) is 66.6 Å². The van der Waals surface area contributed by atoms with Gasteiger partial charge in [0.2, 0.25) is 5.89 Å². The molecule has 5 heteroatoms. The van der Waals surface area contributed by atoms with Crippen LogP contribution in [0.25, 0.3) is 11.5 Å². The zero-order valence-corrected chi connectivity index (χ0v) is 9.54. The van der Waals surface area contributed by atoms with Crippen molar-refractivity contribution in [3.05, 3.63) is 36.2 Å². The first-order valence-corrected chi connectivity index (χ1v) is 5.04. The molecule has 0 bridgehead atoms. The highest BCUT2D eigenvalue weighted by molar-refractivity contribution is 5.85. The number of aromatic carboxylic acids is 1. The van der Waals surface area contributed by atoms with E-state index in [2.05, 4.69) is 4.98 Å². The molecule has 0 saturated carbocycles. The van der Waals surface area contributed by atoms with E-state index < -0.39 is 5.97 Å². The second kappa shape index (κ2) is 4.29. The number of oxazole rings is 1. The standard InChI is InChI=1S/C12H12N2O3/c1-14(2)9-5-3-4-8(6-9)11-13-10(7-17-11)12(15)16/h3-7H,1-2H3,(H,15,16). The molecule has 1 heterocycles. The predicted molar refractivity (Wildman–Crippen MR) is 63.2 cm³/mol. The summed E-state index contributed by atoms with van der Waals surface area (Å²) < 4.78 is 5.14. The maximum atomic E-state index is 10.7. The van der Waals surface area contributed by atoms with E-state index in [4.69, 9.17) is 9.52 Å². The third kappa shape index (κ3) is 2.28. The number of nitrogens with zero attached hydrogens (tertiary/aromatic N) is 2. The van der Waals surface area contributed by atoms with Crippen LogP contribution < -0.4 is 4.90 Å². The molecule has 5 nitrogen and oxygen atoms in total. The van der Waals surface area contributed by atoms with Crippen molar-refractivity contribution in [3.8, 4) is 11.5 Å². The average Bonchev–Trinajstić information content (AvgIpc) is 2.78. The Morgan fingerprint density at radius 1 is 1.41 bits per heavy atom. The van der Waals surface area contributed by atoms with Gasteiger partial charge in [-0.3, -0.25) is 0 Å². The predicted octanol–water partition coefficient (Wildman–Crippen LogP) is 2.11. The first-order valence-electron chi connectivity index (χ1n) is 5.04. The summed E-state index contributed by atoms with van der Waals surface area (Å²) in [7, 11) is 3.86. The normalized spacial score (nSPS) is 10.2. The average molecular weight is 232 g/mol. The zero-order valence-electron chi connectivity index (χ0n) is 9.54. The Labute approximate surface area is 98.3 Å². The number of anilines is 1. The van der Waals surface area contributed by atoms with E-state index >= 15 is 0 Å². The summed E-state index contributed by atoms with van der Waals surface area (Å²) in [5.41, 5.74) is 1.66. The summed E-state index contributed by atoms with van der Waals surface area (Å²) in [5.74, 6) is -0.783. The smallest absolute Gasteiger partial charge is 0.357 e. The summed E-state index contributed by atoms with van der Waals surface area (Å²) >= 11 is 0. The van der Waals surface area contributed by atoms with Crippen molar-refractivity contribution in [2.45, 2.75) is 0 Å². The minimum atomic E-state index is -1.09. The van der Waals surface area contributed by atoms with Gasteiger partial charge in [-0.2, -0.15) is 0 Å². The van der Waals surface area contributed by atoms with E-state index in [-0.39, 0.29) is 5.69 Å². The van der Waals surface area contributed by atoms with Crippen LogP contribution in [0.4, 0.5) is 5.69 Å². The molecule has 0 aliphatic rings. The molecule has 0 atom stereocenters. The van der Waals surface area contributed by atoms with E-state index in [1.54, 1.807) is 0 Å². The van der Waals surface area contributed by atoms with Gasteiger partial charge in [0.15, 0.2) is 5.69 Å². The van der Waals surface area contributed by atoms with Gasteiger partial charge < -0.3 is 14.4 Å². The van der Waals surface area contributed by atoms with Gasteiger partial charge in [-0.1, -0.05) is 6.07 Å². The van der Waals surface area contributed by atoms with Gasteiger partial charge in [-0.25, -0.2) is 9.78 Å². The van der Waals surface area contributed by atoms with E-state index in [1.165, 1.54) is 0 Å². The fourth-order valence-electron chi connectivity index (χ4n) is 1.42. The largest absolute Gasteiger partial charge is 0.476 e. The van der Waals surface area contributed by atoms with Crippen molar-refractivity contribution in [1.29, 1.82) is 0 Å². The number of hydrogen-bond donors (Lipinski definition) is 1. The summed E-state index contributed by atoms with van der Waals surface area (Å²) in [5, 5.41) is 8.76. The van der Waals surface area contributed by atoms with Crippen molar-refractivity contribution in [2.75, 3.05) is 19.0 Å². The van der Waals surface area contributed by atoms with Crippen molar-refractivity contribution in [1.82, 2.24) is 4.98 Å². The van der Waals surface area contributed by atoms with Crippen LogP contribution in [-0.4, -0.2) is 30.2 Å². The minimum absolute atomic E-state index is 0.0877. The summed E-state index contributed by atoms with van der Waals surface area (Å²) in [6.07, 6.45) is 1.14. The number of carboxylic acids is 1. The first-order chi connectivity index (χ1) is 8.08. The van der Waals surface area contributed by atoms with Gasteiger partial charge in [-0.15, -0.1) is 0 Å². The third-order valence-corrected chi connectivity index (χ3v) is 2.33. The molecule has 0 amide bonds. The molecule has 0 aliphatic heterocycles. The van der Waals surface area contributed by atoms with E-state index in [9.17, 15) is 4.79 Å². The van der Waals surface area contributed by atoms with Crippen LogP contribution >= 0.6 is 0 Å². The number of carbonyl (C=O) groups is 1. The van der Waals surface area contributed by atoms with Crippen LogP contribution in [0.15, 0.2) is 34.9 Å². The van der Waals surface area contributed by atoms with Crippen LogP contribution in [-0.2, 0) is 0 Å². The van der Waals surface area contributed by atoms with Gasteiger partial charge in [0.25, 0.3) is 0 Å². The molecule has 0 saturated heterocycles. The SMILES string of the molecule is CN(C)c1cccc(-c2nc(C(=O)O)co2)c1. The van der Waals surface area contributed by atoms with Crippen LogP contribution in [0.3, 0.4) is 0 Å². The number of hydrogen-bond acceptors (Lipinski definition) is 4. The Balaban J connectivity index is 2.38. The molecule has 0 fully saturated rings. The summed E-state index contributed by atoms with van der Waals surface area (Å²) in [4.78, 5) is 16.5. The lowest BCUT2D eigenvalue weighted by molar-refractivity contribution is 0.0690. The highest BCUT2D eigenvalue weighted by Gasteiger charge is 2.12. The number of rotatable bonds is 3. The van der Waals surface area contributed by atoms with Crippen molar-refractivity contribution in [2.24, 2.45) is 0 Å². The van der Waals surface area contributed by atoms with E-state index in [1.807, 2.05) is 43.3 Å². The molecule has 88 valence electrons. The highest BCUT2D eigenvalue weighted by Crippen LogP contribution is 2.23. The number of aromatic nitrogens is 1. The lowest BCUT2D eigenvalue weighted by Gasteiger charge is -2.12. The Morgan fingerprint density at radius 3 is 2.76 bits per heavy atom. The molecule has 2 aromatic rings. The fraction of sp³-hybridized carbons (Fsp3) is 0.167.